The third kappa shape index (κ3) is 1.54. The SMILES string of the molecule is Cn1cc[n+](C)c1On1nnc2ccccc21. The van der Waals surface area contributed by atoms with E-state index in [1.54, 1.807) is 0 Å². The van der Waals surface area contributed by atoms with E-state index in [1.807, 2.05) is 59.9 Å². The van der Waals surface area contributed by atoms with Crippen LogP contribution in [0.3, 0.4) is 0 Å². The minimum absolute atomic E-state index is 0.681. The van der Waals surface area contributed by atoms with Crippen LogP contribution in [0.2, 0.25) is 0 Å². The van der Waals surface area contributed by atoms with E-state index in [4.69, 9.17) is 4.84 Å². The van der Waals surface area contributed by atoms with Crippen LogP contribution < -0.4 is 9.40 Å². The highest BCUT2D eigenvalue weighted by Crippen LogP contribution is 2.11. The van der Waals surface area contributed by atoms with Crippen LogP contribution in [0.4, 0.5) is 0 Å². The molecule has 2 heterocycles. The third-order valence-electron chi connectivity index (χ3n) is 2.61. The standard InChI is InChI=1S/C11H12N5O/c1-14-7-8-15(2)11(14)17-16-10-6-4-3-5-9(10)12-13-16/h3-8H,1-2H3/q+1. The van der Waals surface area contributed by atoms with Crippen molar-refractivity contribution in [2.75, 3.05) is 0 Å². The van der Waals surface area contributed by atoms with E-state index in [2.05, 4.69) is 10.3 Å². The molecule has 0 fully saturated rings. The van der Waals surface area contributed by atoms with Gasteiger partial charge in [-0.3, -0.25) is 4.84 Å². The van der Waals surface area contributed by atoms with Crippen LogP contribution in [0.1, 0.15) is 0 Å². The Hall–Kier alpha value is -2.37. The van der Waals surface area contributed by atoms with Gasteiger partial charge in [0, 0.05) is 0 Å². The summed E-state index contributed by atoms with van der Waals surface area (Å²) in [4.78, 5) is 7.12. The Morgan fingerprint density at radius 2 is 2.12 bits per heavy atom. The summed E-state index contributed by atoms with van der Waals surface area (Å²) >= 11 is 0. The summed E-state index contributed by atoms with van der Waals surface area (Å²) in [6.07, 6.45) is 3.82. The van der Waals surface area contributed by atoms with Crippen LogP contribution >= 0.6 is 0 Å². The lowest BCUT2D eigenvalue weighted by Gasteiger charge is -2.00. The molecule has 3 aromatic rings. The van der Waals surface area contributed by atoms with Crippen molar-refractivity contribution in [2.24, 2.45) is 14.1 Å². The normalized spacial score (nSPS) is 10.9. The summed E-state index contributed by atoms with van der Waals surface area (Å²) in [5.74, 6) is 0. The number of aromatic nitrogens is 5. The van der Waals surface area contributed by atoms with Gasteiger partial charge in [-0.25, -0.2) is 0 Å². The lowest BCUT2D eigenvalue weighted by atomic mass is 10.3. The van der Waals surface area contributed by atoms with Crippen molar-refractivity contribution in [1.82, 2.24) is 19.7 Å². The maximum Gasteiger partial charge on any atom is 0.482 e. The van der Waals surface area contributed by atoms with Gasteiger partial charge in [0.1, 0.15) is 23.4 Å². The van der Waals surface area contributed by atoms with Gasteiger partial charge >= 0.3 is 6.01 Å². The number of benzene rings is 1. The monoisotopic (exact) mass is 230 g/mol. The Morgan fingerprint density at radius 3 is 2.88 bits per heavy atom. The van der Waals surface area contributed by atoms with Crippen LogP contribution in [0.25, 0.3) is 11.0 Å². The first-order chi connectivity index (χ1) is 8.25. The molecule has 2 aromatic heterocycles. The molecule has 0 unspecified atom stereocenters. The van der Waals surface area contributed by atoms with E-state index in [-0.39, 0.29) is 0 Å². The van der Waals surface area contributed by atoms with Gasteiger partial charge < -0.3 is 0 Å². The molecule has 0 bridgehead atoms. The third-order valence-corrected chi connectivity index (χ3v) is 2.61. The van der Waals surface area contributed by atoms with Crippen molar-refractivity contribution in [3.8, 4) is 6.01 Å². The molecule has 1 aromatic carbocycles. The topological polar surface area (TPSA) is 48.8 Å². The molecule has 0 saturated heterocycles. The zero-order valence-corrected chi connectivity index (χ0v) is 9.61. The van der Waals surface area contributed by atoms with Crippen molar-refractivity contribution >= 4 is 11.0 Å². The van der Waals surface area contributed by atoms with Gasteiger partial charge in [-0.1, -0.05) is 17.0 Å². The number of para-hydroxylation sites is 1. The van der Waals surface area contributed by atoms with Gasteiger partial charge in [-0.2, -0.15) is 9.13 Å². The molecule has 86 valence electrons. The van der Waals surface area contributed by atoms with Crippen LogP contribution in [0.15, 0.2) is 36.7 Å². The summed E-state index contributed by atoms with van der Waals surface area (Å²) < 4.78 is 3.74. The first kappa shape index (κ1) is 9.83. The fourth-order valence-electron chi connectivity index (χ4n) is 1.70. The summed E-state index contributed by atoms with van der Waals surface area (Å²) in [5, 5.41) is 8.00. The Bertz CT molecular complexity index is 650. The van der Waals surface area contributed by atoms with E-state index in [0.717, 1.165) is 11.0 Å². The highest BCUT2D eigenvalue weighted by atomic mass is 16.7. The molecule has 0 aliphatic carbocycles. The number of hydrogen-bond donors (Lipinski definition) is 0. The van der Waals surface area contributed by atoms with E-state index < -0.39 is 0 Å². The molecule has 0 atom stereocenters. The molecule has 0 radical (unpaired) electrons. The van der Waals surface area contributed by atoms with Gasteiger partial charge in [-0.15, -0.1) is 5.10 Å². The van der Waals surface area contributed by atoms with Crippen LogP contribution in [0, 0.1) is 0 Å². The number of fused-ring (bicyclic) bond motifs is 1. The number of rotatable bonds is 2. The minimum Gasteiger partial charge on any atom is -0.278 e. The fourth-order valence-corrected chi connectivity index (χ4v) is 1.70. The average molecular weight is 230 g/mol. The second-order valence-corrected chi connectivity index (χ2v) is 3.84. The van der Waals surface area contributed by atoms with E-state index in [1.165, 1.54) is 4.85 Å². The molecule has 6 heteroatoms. The number of imidazole rings is 1. The molecule has 0 spiro atoms. The minimum atomic E-state index is 0.681. The molecular formula is C11H12N5O+. The van der Waals surface area contributed by atoms with Gasteiger partial charge in [-0.05, 0) is 17.3 Å². The van der Waals surface area contributed by atoms with Gasteiger partial charge in [0.15, 0.2) is 0 Å². The smallest absolute Gasteiger partial charge is 0.278 e. The maximum absolute atomic E-state index is 5.70. The predicted molar refractivity (Wildman–Crippen MR) is 60.1 cm³/mol. The van der Waals surface area contributed by atoms with Gasteiger partial charge in [0.25, 0.3) is 0 Å². The Kier molecular flexibility index (Phi) is 2.07. The quantitative estimate of drug-likeness (QED) is 0.600. The molecule has 6 nitrogen and oxygen atoms in total. The fraction of sp³-hybridized carbons (Fsp3) is 0.182. The summed E-state index contributed by atoms with van der Waals surface area (Å²) in [6, 6.07) is 8.34. The number of aryl methyl sites for hydroxylation is 2. The largest absolute Gasteiger partial charge is 0.482 e. The molecule has 0 aliphatic heterocycles. The Balaban J connectivity index is 2.06. The van der Waals surface area contributed by atoms with Gasteiger partial charge in [0.2, 0.25) is 0 Å². The second kappa shape index (κ2) is 3.58. The number of hydrogen-bond acceptors (Lipinski definition) is 3. The van der Waals surface area contributed by atoms with Crippen molar-refractivity contribution in [2.45, 2.75) is 0 Å². The molecule has 0 amide bonds. The number of nitrogens with zero attached hydrogens (tertiary/aromatic N) is 5. The summed E-state index contributed by atoms with van der Waals surface area (Å²) in [6.45, 7) is 0. The highest BCUT2D eigenvalue weighted by Gasteiger charge is 2.16. The molecule has 0 saturated carbocycles. The van der Waals surface area contributed by atoms with Crippen LogP contribution in [-0.4, -0.2) is 19.7 Å². The lowest BCUT2D eigenvalue weighted by molar-refractivity contribution is -0.678. The van der Waals surface area contributed by atoms with Gasteiger partial charge in [0.05, 0.1) is 14.1 Å². The zero-order chi connectivity index (χ0) is 11.8. The first-order valence-corrected chi connectivity index (χ1v) is 5.25. The maximum atomic E-state index is 5.70. The highest BCUT2D eigenvalue weighted by molar-refractivity contribution is 5.73. The van der Waals surface area contributed by atoms with Crippen molar-refractivity contribution in [3.05, 3.63) is 36.7 Å². The summed E-state index contributed by atoms with van der Waals surface area (Å²) in [5.41, 5.74) is 1.65. The molecular weight excluding hydrogens is 218 g/mol. The molecule has 17 heavy (non-hydrogen) atoms. The predicted octanol–water partition coefficient (Wildman–Crippen LogP) is 0.436. The van der Waals surface area contributed by atoms with E-state index >= 15 is 0 Å². The Morgan fingerprint density at radius 1 is 1.29 bits per heavy atom. The van der Waals surface area contributed by atoms with Crippen LogP contribution in [-0.2, 0) is 14.1 Å². The van der Waals surface area contributed by atoms with E-state index in [0.29, 0.717) is 6.01 Å². The Labute approximate surface area is 97.6 Å². The first-order valence-electron chi connectivity index (χ1n) is 5.25. The molecule has 0 aliphatic rings. The average Bonchev–Trinajstić information content (AvgIpc) is 2.88. The second-order valence-electron chi connectivity index (χ2n) is 3.84. The van der Waals surface area contributed by atoms with Crippen LogP contribution in [0.5, 0.6) is 6.01 Å². The summed E-state index contributed by atoms with van der Waals surface area (Å²) in [7, 11) is 3.82. The van der Waals surface area contributed by atoms with Crippen molar-refractivity contribution in [3.63, 3.8) is 0 Å². The lowest BCUT2D eigenvalue weighted by Crippen LogP contribution is -2.30. The molecule has 3 rings (SSSR count). The van der Waals surface area contributed by atoms with E-state index in [9.17, 15) is 0 Å². The van der Waals surface area contributed by atoms with Crippen molar-refractivity contribution in [1.29, 1.82) is 0 Å². The van der Waals surface area contributed by atoms with Crippen molar-refractivity contribution < 1.29 is 9.40 Å². The molecule has 0 N–H and O–H groups in total. The zero-order valence-electron chi connectivity index (χ0n) is 9.61.